The predicted octanol–water partition coefficient (Wildman–Crippen LogP) is 17.5. The van der Waals surface area contributed by atoms with Crippen LogP contribution in [0.4, 0.5) is 0 Å². The summed E-state index contributed by atoms with van der Waals surface area (Å²) < 4.78 is 30.8. The maximum atomic E-state index is 12.4. The highest BCUT2D eigenvalue weighted by Gasteiger charge is 2.66. The Morgan fingerprint density at radius 3 is 1.04 bits per heavy atom. The van der Waals surface area contributed by atoms with Crippen LogP contribution in [0.5, 0.6) is 0 Å². The van der Waals surface area contributed by atoms with Crippen molar-refractivity contribution in [1.29, 1.82) is 0 Å². The molecule has 0 radical (unpaired) electrons. The van der Waals surface area contributed by atoms with E-state index in [9.17, 15) is 43.5 Å². The third-order valence-corrected chi connectivity index (χ3v) is 31.4. The Balaban J connectivity index is 0.000000102. The van der Waals surface area contributed by atoms with Crippen molar-refractivity contribution in [1.82, 2.24) is 0 Å². The van der Waals surface area contributed by atoms with Crippen molar-refractivity contribution >= 4 is 53.8 Å². The molecular formula is C96H126O16. The highest BCUT2D eigenvalue weighted by Crippen LogP contribution is 2.70. The minimum Gasteiger partial charge on any atom is -0.481 e. The Hall–Kier alpha value is -7.10. The minimum absolute atomic E-state index is 0.00523. The Kier molecular flexibility index (Phi) is 22.8. The fourth-order valence-electron chi connectivity index (χ4n) is 27.4. The van der Waals surface area contributed by atoms with E-state index >= 15 is 0 Å². The number of cyclic esters (lactones) is 1. The lowest BCUT2D eigenvalue weighted by atomic mass is 9.69. The second-order valence-electron chi connectivity index (χ2n) is 40.2. The first-order valence-corrected chi connectivity index (χ1v) is 43.3. The Morgan fingerprint density at radius 2 is 0.732 bits per heavy atom. The van der Waals surface area contributed by atoms with Crippen molar-refractivity contribution < 1.29 is 77.0 Å². The van der Waals surface area contributed by atoms with Crippen molar-refractivity contribution in [3.05, 3.63) is 127 Å². The van der Waals surface area contributed by atoms with E-state index in [1.807, 2.05) is 86.6 Å². The van der Waals surface area contributed by atoms with E-state index in [2.05, 4.69) is 91.6 Å². The highest BCUT2D eigenvalue weighted by atomic mass is 16.6. The number of esters is 6. The third-order valence-electron chi connectivity index (χ3n) is 31.4. The molecule has 1 saturated heterocycles. The number of carboxylic acids is 2. The number of allylic oxidation sites excluding steroid dienone is 14. The Bertz CT molecular complexity index is 3960. The van der Waals surface area contributed by atoms with Crippen LogP contribution in [0.1, 0.15) is 189 Å². The molecule has 34 atom stereocenters. The third kappa shape index (κ3) is 15.8. The summed E-state index contributed by atoms with van der Waals surface area (Å²) >= 11 is 0. The normalized spacial score (nSPS) is 43.4. The molecule has 1 aliphatic heterocycles. The van der Waals surface area contributed by atoms with Gasteiger partial charge in [-0.1, -0.05) is 122 Å². The number of aliphatic carboxylic acids is 2. The van der Waals surface area contributed by atoms with Gasteiger partial charge >= 0.3 is 47.8 Å². The Morgan fingerprint density at radius 1 is 0.411 bits per heavy atom. The van der Waals surface area contributed by atoms with Gasteiger partial charge in [0, 0.05) is 0 Å². The first-order valence-electron chi connectivity index (χ1n) is 43.3. The summed E-state index contributed by atoms with van der Waals surface area (Å²) in [5.74, 6) is 17.7. The summed E-state index contributed by atoms with van der Waals surface area (Å²) in [7, 11) is 3.00. The van der Waals surface area contributed by atoms with Crippen LogP contribution >= 0.6 is 0 Å². The van der Waals surface area contributed by atoms with Crippen LogP contribution < -0.4 is 0 Å². The van der Waals surface area contributed by atoms with Gasteiger partial charge < -0.3 is 38.6 Å². The molecule has 13 saturated carbocycles. The predicted molar refractivity (Wildman–Crippen MR) is 425 cm³/mol. The molecule has 1 aromatic rings. The molecule has 112 heavy (non-hydrogen) atoms. The number of carboxylic acid groups (broad SMARTS) is 2. The molecule has 22 rings (SSSR count). The van der Waals surface area contributed by atoms with Crippen LogP contribution in [-0.2, 0) is 66.8 Å². The minimum atomic E-state index is -0.614. The van der Waals surface area contributed by atoms with E-state index in [1.54, 1.807) is 6.08 Å². The summed E-state index contributed by atoms with van der Waals surface area (Å²) in [5, 5.41) is 17.9. The molecule has 0 aromatic heterocycles. The molecule has 1 heterocycles. The molecule has 0 spiro atoms. The van der Waals surface area contributed by atoms with Crippen LogP contribution in [-0.4, -0.2) is 95.6 Å². The van der Waals surface area contributed by atoms with Crippen molar-refractivity contribution in [2.75, 3.05) is 20.8 Å². The zero-order valence-electron chi connectivity index (χ0n) is 68.1. The van der Waals surface area contributed by atoms with Crippen molar-refractivity contribution in [3.8, 4) is 0 Å². The van der Waals surface area contributed by atoms with Gasteiger partial charge in [-0.25, -0.2) is 0 Å². The quantitative estimate of drug-likeness (QED) is 0.0959. The monoisotopic (exact) mass is 1530 g/mol. The summed E-state index contributed by atoms with van der Waals surface area (Å²) in [6.45, 7) is 21.6. The lowest BCUT2D eigenvalue weighted by Crippen LogP contribution is -2.51. The van der Waals surface area contributed by atoms with E-state index in [-0.39, 0.29) is 100.0 Å². The molecule has 1 aromatic carbocycles. The van der Waals surface area contributed by atoms with Gasteiger partial charge in [-0.15, -0.1) is 0 Å². The van der Waals surface area contributed by atoms with Crippen LogP contribution in [0.25, 0.3) is 6.08 Å². The average molecular weight is 1540 g/mol. The number of hydrogen-bond donors (Lipinski definition) is 2. The van der Waals surface area contributed by atoms with Crippen LogP contribution in [0.2, 0.25) is 0 Å². The molecule has 14 fully saturated rings. The van der Waals surface area contributed by atoms with Crippen LogP contribution in [0.15, 0.2) is 116 Å². The van der Waals surface area contributed by atoms with Crippen molar-refractivity contribution in [3.63, 3.8) is 0 Å². The molecule has 16 nitrogen and oxygen atoms in total. The topological polar surface area (TPSA) is 232 Å². The second kappa shape index (κ2) is 31.8. The zero-order valence-corrected chi connectivity index (χ0v) is 68.1. The average Bonchev–Trinajstić information content (AvgIpc) is 1.56. The first-order chi connectivity index (χ1) is 53.4. The van der Waals surface area contributed by atoms with E-state index in [0.717, 1.165) is 158 Å². The van der Waals surface area contributed by atoms with Gasteiger partial charge in [-0.2, -0.15) is 0 Å². The lowest BCUT2D eigenvalue weighted by molar-refractivity contribution is -0.192. The van der Waals surface area contributed by atoms with Gasteiger partial charge in [0.15, 0.2) is 0 Å². The van der Waals surface area contributed by atoms with Gasteiger partial charge in [-0.3, -0.25) is 38.4 Å². The smallest absolute Gasteiger partial charge is 0.318 e. The van der Waals surface area contributed by atoms with Crippen molar-refractivity contribution in [2.24, 2.45) is 195 Å². The van der Waals surface area contributed by atoms with Gasteiger partial charge in [0.05, 0.1) is 62.3 Å². The SMILES string of the molecule is C=Cc1ccc(C2C(=O)OC2(C)C)cc1.CC(C)(C)OC(=O)C1CC2C=CC1C2.CC(C)(C)OC(=O)C1CC2CC1C1C3C=CC(C3)C21.CCOC(=O)C1CC2C=CC1C2.COC(=O)C1CC2C=CC1C2.COC(=O)C1CC2CC1C1C3C=CC(C3)C21.O=C(O)C1CC2C=CC1C2.O=C(O)C1CC2CC1C1C3C=CC(C3)C21. The number of carbonyl (C=O) groups excluding carboxylic acids is 6. The highest BCUT2D eigenvalue weighted by molar-refractivity contribution is 5.86. The molecule has 20 aliphatic carbocycles. The fraction of sp³-hybridized carbons (Fsp3) is 0.688. The Labute approximate surface area is 664 Å². The maximum Gasteiger partial charge on any atom is 0.318 e. The molecule has 16 heteroatoms. The van der Waals surface area contributed by atoms with E-state index < -0.39 is 11.9 Å². The van der Waals surface area contributed by atoms with Crippen molar-refractivity contribution in [2.45, 2.75) is 194 Å². The summed E-state index contributed by atoms with van der Waals surface area (Å²) in [6.07, 6.45) is 53.2. The van der Waals surface area contributed by atoms with Crippen LogP contribution in [0.3, 0.4) is 0 Å². The van der Waals surface area contributed by atoms with E-state index in [4.69, 9.17) is 33.5 Å². The van der Waals surface area contributed by atoms with E-state index in [1.165, 1.54) is 65.6 Å². The van der Waals surface area contributed by atoms with Gasteiger partial charge in [0.1, 0.15) is 22.7 Å². The molecular weight excluding hydrogens is 1410 g/mol. The fourth-order valence-corrected chi connectivity index (χ4v) is 27.4. The zero-order chi connectivity index (χ0) is 79.3. The molecule has 0 amide bonds. The van der Waals surface area contributed by atoms with Gasteiger partial charge in [0.25, 0.3) is 0 Å². The molecule has 21 aliphatic rings. The number of methoxy groups -OCH3 is 2. The number of hydrogen-bond acceptors (Lipinski definition) is 14. The molecule has 2 N–H and O–H groups in total. The van der Waals surface area contributed by atoms with Gasteiger partial charge in [0.2, 0.25) is 0 Å². The largest absolute Gasteiger partial charge is 0.481 e. The number of rotatable bonds is 10. The number of benzene rings is 1. The molecule has 34 unspecified atom stereocenters. The van der Waals surface area contributed by atoms with Gasteiger partial charge in [-0.05, 0) is 336 Å². The van der Waals surface area contributed by atoms with Crippen LogP contribution in [0, 0.1) is 195 Å². The standard InChI is InChI=1S/C17H24O2.C14H18O2.C13H16O2.C13H14O2.C12H18O2.C10H14O2.C9H12O2.C8H10O2/c1-17(2,3)19-16(18)13-8-11-7-12(13)15-10-5-4-9(6-10)14(11)15;1-16-14(15)11-6-9-5-10(11)13-8-3-2-7(4-8)12(9)13;14-13(15)10-5-8-4-9(10)12-7-2-1-6(3-7)11(8)12;1-4-9-5-7-10(8-6-9)11-12(14)15-13(11,2)3;1-12(2,3)14-11(13)10-7-8-4-5-9(10)6-8;1-2-12-10(11)9-6-7-3-4-8(9)5-7;1-11-9(10)8-5-6-2-3-7(8)4-6;9-8(10)7-4-5-1-2-6(7)3-5/h4-5,9-15H,6-8H2,1-3H3;2-3,7-13H,4-6H2,1H3;1-2,6-12H,3-5H2,(H,14,15);4-8,11H,1H2,2-3H3;4-5,8-10H,6-7H2,1-3H3;3-4,7-9H,2,5-6H2,1H3;2-3,6-8H,4-5H2,1H3;1-2,5-7H,3-4H2,(H,9,10). The summed E-state index contributed by atoms with van der Waals surface area (Å²) in [6, 6.07) is 7.85. The summed E-state index contributed by atoms with van der Waals surface area (Å²) in [4.78, 5) is 91.6. The molecule has 606 valence electrons. The summed E-state index contributed by atoms with van der Waals surface area (Å²) in [5.41, 5.74) is 1.02. The number of carbonyl (C=O) groups is 8. The first kappa shape index (κ1) is 80.1. The molecule has 20 bridgehead atoms. The number of ether oxygens (including phenoxy) is 6. The van der Waals surface area contributed by atoms with E-state index in [0.29, 0.717) is 71.7 Å². The number of fused-ring (bicyclic) bond motifs is 35. The second-order valence-corrected chi connectivity index (χ2v) is 40.2. The maximum absolute atomic E-state index is 12.4. The lowest BCUT2D eigenvalue weighted by Gasteiger charge is -2.42.